The van der Waals surface area contributed by atoms with E-state index in [9.17, 15) is 9.59 Å². The van der Waals surface area contributed by atoms with Crippen molar-refractivity contribution < 1.29 is 9.59 Å². The second-order valence-corrected chi connectivity index (χ2v) is 5.83. The van der Waals surface area contributed by atoms with Crippen LogP contribution in [0.5, 0.6) is 0 Å². The fourth-order valence-corrected chi connectivity index (χ4v) is 3.32. The van der Waals surface area contributed by atoms with Crippen LogP contribution in [0.1, 0.15) is 12.8 Å². The van der Waals surface area contributed by atoms with Crippen molar-refractivity contribution in [3.8, 4) is 0 Å². The van der Waals surface area contributed by atoms with Crippen LogP contribution >= 0.6 is 23.2 Å². The maximum atomic E-state index is 11.5. The van der Waals surface area contributed by atoms with Gasteiger partial charge in [0, 0.05) is 45.3 Å². The van der Waals surface area contributed by atoms with Gasteiger partial charge in [-0.3, -0.25) is 14.5 Å². The van der Waals surface area contributed by atoms with Gasteiger partial charge in [0.25, 0.3) is 0 Å². The predicted octanol–water partition coefficient (Wildman–Crippen LogP) is 0.599. The number of rotatable bonds is 3. The van der Waals surface area contributed by atoms with Crippen LogP contribution in [-0.4, -0.2) is 83.6 Å². The van der Waals surface area contributed by atoms with Crippen LogP contribution in [0, 0.1) is 0 Å². The molecule has 0 radical (unpaired) electrons. The van der Waals surface area contributed by atoms with Crippen LogP contribution in [-0.2, 0) is 9.59 Å². The highest BCUT2D eigenvalue weighted by Crippen LogP contribution is 2.18. The van der Waals surface area contributed by atoms with Crippen molar-refractivity contribution in [2.45, 2.75) is 18.9 Å². The number of carbonyl (C=O) groups is 2. The smallest absolute Gasteiger partial charge is 0.237 e. The molecule has 0 aromatic carbocycles. The molecule has 2 saturated heterocycles. The number of hydrogen-bond acceptors (Lipinski definition) is 3. The van der Waals surface area contributed by atoms with E-state index >= 15 is 0 Å². The first kappa shape index (κ1) is 15.9. The lowest BCUT2D eigenvalue weighted by Crippen LogP contribution is -2.55. The van der Waals surface area contributed by atoms with E-state index < -0.39 is 0 Å². The van der Waals surface area contributed by atoms with Crippen LogP contribution in [0.4, 0.5) is 0 Å². The standard InChI is InChI=1S/C13H21Cl2N3O2/c14-9-12(19)17-3-1-11(2-4-17)16-5-7-18(8-6-16)13(20)10-15/h11H,1-10H2. The summed E-state index contributed by atoms with van der Waals surface area (Å²) < 4.78 is 0. The Kier molecular flexibility index (Phi) is 5.93. The van der Waals surface area contributed by atoms with Crippen LogP contribution in [0.3, 0.4) is 0 Å². The number of carbonyl (C=O) groups excluding carboxylic acids is 2. The molecule has 0 unspecified atom stereocenters. The number of hydrogen-bond donors (Lipinski definition) is 0. The summed E-state index contributed by atoms with van der Waals surface area (Å²) in [6, 6.07) is 0.516. The van der Waals surface area contributed by atoms with Crippen molar-refractivity contribution in [3.63, 3.8) is 0 Å². The quantitative estimate of drug-likeness (QED) is 0.715. The topological polar surface area (TPSA) is 43.9 Å². The lowest BCUT2D eigenvalue weighted by molar-refractivity contribution is -0.132. The van der Waals surface area contributed by atoms with Gasteiger partial charge in [0.1, 0.15) is 11.8 Å². The third-order valence-corrected chi connectivity index (χ3v) is 4.69. The third-order valence-electron chi connectivity index (χ3n) is 4.23. The SMILES string of the molecule is O=C(CCl)N1CCC(N2CCN(C(=O)CCl)CC2)CC1. The normalized spacial score (nSPS) is 22.1. The van der Waals surface area contributed by atoms with E-state index in [1.165, 1.54) is 0 Å². The van der Waals surface area contributed by atoms with Crippen molar-refractivity contribution in [1.82, 2.24) is 14.7 Å². The van der Waals surface area contributed by atoms with Gasteiger partial charge in [0.15, 0.2) is 0 Å². The second-order valence-electron chi connectivity index (χ2n) is 5.30. The van der Waals surface area contributed by atoms with E-state index in [-0.39, 0.29) is 23.6 Å². The monoisotopic (exact) mass is 321 g/mol. The summed E-state index contributed by atoms with van der Waals surface area (Å²) in [5.74, 6) is 0.194. The van der Waals surface area contributed by atoms with E-state index in [4.69, 9.17) is 23.2 Å². The summed E-state index contributed by atoms with van der Waals surface area (Å²) in [6.45, 7) is 4.89. The van der Waals surface area contributed by atoms with Crippen molar-refractivity contribution in [1.29, 1.82) is 0 Å². The van der Waals surface area contributed by atoms with E-state index in [0.717, 1.165) is 52.1 Å². The van der Waals surface area contributed by atoms with Crippen LogP contribution in [0.2, 0.25) is 0 Å². The Hall–Kier alpha value is -0.520. The van der Waals surface area contributed by atoms with Gasteiger partial charge in [-0.2, -0.15) is 0 Å². The molecule has 2 fully saturated rings. The summed E-state index contributed by atoms with van der Waals surface area (Å²) >= 11 is 11.2. The van der Waals surface area contributed by atoms with Crippen LogP contribution in [0.25, 0.3) is 0 Å². The molecule has 0 aromatic heterocycles. The van der Waals surface area contributed by atoms with Crippen molar-refractivity contribution in [2.24, 2.45) is 0 Å². The molecule has 2 rings (SSSR count). The molecule has 114 valence electrons. The fourth-order valence-electron chi connectivity index (χ4n) is 2.99. The van der Waals surface area contributed by atoms with E-state index in [0.29, 0.717) is 6.04 Å². The van der Waals surface area contributed by atoms with E-state index in [1.807, 2.05) is 9.80 Å². The van der Waals surface area contributed by atoms with Crippen molar-refractivity contribution in [3.05, 3.63) is 0 Å². The Morgan fingerprint density at radius 2 is 1.25 bits per heavy atom. The number of piperazine rings is 1. The minimum atomic E-state index is 0.0221. The fraction of sp³-hybridized carbons (Fsp3) is 0.846. The number of likely N-dealkylation sites (tertiary alicyclic amines) is 1. The highest BCUT2D eigenvalue weighted by atomic mass is 35.5. The molecule has 0 aliphatic carbocycles. The van der Waals surface area contributed by atoms with E-state index in [2.05, 4.69) is 4.90 Å². The minimum Gasteiger partial charge on any atom is -0.342 e. The summed E-state index contributed by atoms with van der Waals surface area (Å²) in [6.07, 6.45) is 1.98. The van der Waals surface area contributed by atoms with Crippen LogP contribution < -0.4 is 0 Å². The largest absolute Gasteiger partial charge is 0.342 e. The van der Waals surface area contributed by atoms with Gasteiger partial charge in [-0.1, -0.05) is 0 Å². The zero-order chi connectivity index (χ0) is 14.5. The van der Waals surface area contributed by atoms with E-state index in [1.54, 1.807) is 0 Å². The van der Waals surface area contributed by atoms with Crippen molar-refractivity contribution in [2.75, 3.05) is 51.0 Å². The van der Waals surface area contributed by atoms with Crippen LogP contribution in [0.15, 0.2) is 0 Å². The molecule has 0 spiro atoms. The Morgan fingerprint density at radius 1 is 0.800 bits per heavy atom. The highest BCUT2D eigenvalue weighted by molar-refractivity contribution is 6.27. The van der Waals surface area contributed by atoms with Crippen molar-refractivity contribution >= 4 is 35.0 Å². The number of alkyl halides is 2. The van der Waals surface area contributed by atoms with Gasteiger partial charge >= 0.3 is 0 Å². The average Bonchev–Trinajstić information content (AvgIpc) is 2.53. The molecule has 0 aromatic rings. The Morgan fingerprint density at radius 3 is 1.70 bits per heavy atom. The maximum Gasteiger partial charge on any atom is 0.237 e. The van der Waals surface area contributed by atoms with Gasteiger partial charge in [0.2, 0.25) is 11.8 Å². The lowest BCUT2D eigenvalue weighted by atomic mass is 10.0. The Balaban J connectivity index is 1.76. The lowest BCUT2D eigenvalue weighted by Gasteiger charge is -2.42. The number of halogens is 2. The zero-order valence-electron chi connectivity index (χ0n) is 11.6. The summed E-state index contributed by atoms with van der Waals surface area (Å²) in [5.41, 5.74) is 0. The first-order valence-electron chi connectivity index (χ1n) is 7.07. The molecule has 5 nitrogen and oxygen atoms in total. The molecule has 0 atom stereocenters. The summed E-state index contributed by atoms with van der Waals surface area (Å²) in [7, 11) is 0. The first-order chi connectivity index (χ1) is 9.65. The molecule has 7 heteroatoms. The summed E-state index contributed by atoms with van der Waals surface area (Å²) in [4.78, 5) is 29.1. The minimum absolute atomic E-state index is 0.0221. The van der Waals surface area contributed by atoms with Gasteiger partial charge in [-0.05, 0) is 12.8 Å². The van der Waals surface area contributed by atoms with Gasteiger partial charge in [-0.25, -0.2) is 0 Å². The molecule has 20 heavy (non-hydrogen) atoms. The number of amides is 2. The molecular weight excluding hydrogens is 301 g/mol. The first-order valence-corrected chi connectivity index (χ1v) is 8.14. The number of piperidine rings is 1. The Labute approximate surface area is 129 Å². The Bertz CT molecular complexity index is 318. The number of nitrogens with zero attached hydrogens (tertiary/aromatic N) is 3. The average molecular weight is 322 g/mol. The van der Waals surface area contributed by atoms with Gasteiger partial charge in [0.05, 0.1) is 0 Å². The molecule has 0 N–H and O–H groups in total. The zero-order valence-corrected chi connectivity index (χ0v) is 13.1. The molecule has 0 bridgehead atoms. The summed E-state index contributed by atoms with van der Waals surface area (Å²) in [5, 5.41) is 0. The van der Waals surface area contributed by atoms with Gasteiger partial charge in [-0.15, -0.1) is 23.2 Å². The molecule has 2 amide bonds. The van der Waals surface area contributed by atoms with Gasteiger partial charge < -0.3 is 9.80 Å². The third kappa shape index (κ3) is 3.77. The predicted molar refractivity (Wildman–Crippen MR) is 79.2 cm³/mol. The molecule has 2 heterocycles. The molecule has 0 saturated carbocycles. The molecule has 2 aliphatic rings. The molecule has 2 aliphatic heterocycles. The highest BCUT2D eigenvalue weighted by Gasteiger charge is 2.29. The molecular formula is C13H21Cl2N3O2. The second kappa shape index (κ2) is 7.48. The maximum absolute atomic E-state index is 11.5.